The van der Waals surface area contributed by atoms with Crippen molar-refractivity contribution in [2.75, 3.05) is 31.6 Å². The molecular weight excluding hydrogens is 230 g/mol. The van der Waals surface area contributed by atoms with Gasteiger partial charge in [0.15, 0.2) is 0 Å². The smallest absolute Gasteiger partial charge is 0.241 e. The second-order valence-electron chi connectivity index (χ2n) is 4.71. The number of rotatable bonds is 2. The van der Waals surface area contributed by atoms with Gasteiger partial charge in [0.05, 0.1) is 12.6 Å². The summed E-state index contributed by atoms with van der Waals surface area (Å²) in [5, 5.41) is 9.57. The Kier molecular flexibility index (Phi) is 3.81. The maximum absolute atomic E-state index is 11.8. The van der Waals surface area contributed by atoms with Gasteiger partial charge in [0.1, 0.15) is 5.82 Å². The summed E-state index contributed by atoms with van der Waals surface area (Å²) in [5.74, 6) is 0.869. The number of likely N-dealkylation sites (N-methyl/N-ethyl adjacent to an activating group) is 1. The first-order valence-corrected chi connectivity index (χ1v) is 6.21. The Bertz CT molecular complexity index is 434. The molecular formula is C13H19N3O2. The van der Waals surface area contributed by atoms with Crippen LogP contribution in [-0.4, -0.2) is 47.6 Å². The van der Waals surface area contributed by atoms with E-state index < -0.39 is 6.10 Å². The van der Waals surface area contributed by atoms with Crippen LogP contribution in [0.2, 0.25) is 0 Å². The molecule has 5 nitrogen and oxygen atoms in total. The number of amides is 1. The van der Waals surface area contributed by atoms with Crippen LogP contribution in [0.15, 0.2) is 18.3 Å². The van der Waals surface area contributed by atoms with Crippen LogP contribution >= 0.6 is 0 Å². The van der Waals surface area contributed by atoms with Gasteiger partial charge >= 0.3 is 0 Å². The molecule has 1 amide bonds. The van der Waals surface area contributed by atoms with Gasteiger partial charge in [0.2, 0.25) is 5.91 Å². The summed E-state index contributed by atoms with van der Waals surface area (Å²) >= 11 is 0. The van der Waals surface area contributed by atoms with Gasteiger partial charge in [-0.05, 0) is 31.0 Å². The highest BCUT2D eigenvalue weighted by Gasteiger charge is 2.20. The summed E-state index contributed by atoms with van der Waals surface area (Å²) in [7, 11) is 1.82. The van der Waals surface area contributed by atoms with Gasteiger partial charge in [-0.1, -0.05) is 0 Å². The molecule has 1 atom stereocenters. The lowest BCUT2D eigenvalue weighted by molar-refractivity contribution is -0.127. The lowest BCUT2D eigenvalue weighted by Crippen LogP contribution is -2.34. The number of aliphatic hydroxyl groups is 1. The number of hydrogen-bond acceptors (Lipinski definition) is 4. The SMILES string of the molecule is C[C@H](O)c1ccnc(N2CCCN(C)C(=O)C2)c1. The topological polar surface area (TPSA) is 56.7 Å². The Balaban J connectivity index is 2.20. The largest absolute Gasteiger partial charge is 0.389 e. The molecule has 0 aliphatic carbocycles. The molecule has 0 radical (unpaired) electrons. The summed E-state index contributed by atoms with van der Waals surface area (Å²) in [6, 6.07) is 3.64. The molecule has 1 saturated heterocycles. The van der Waals surface area contributed by atoms with E-state index in [2.05, 4.69) is 4.98 Å². The number of hydrogen-bond donors (Lipinski definition) is 1. The molecule has 1 fully saturated rings. The zero-order valence-electron chi connectivity index (χ0n) is 10.8. The number of anilines is 1. The van der Waals surface area contributed by atoms with Gasteiger partial charge < -0.3 is 14.9 Å². The summed E-state index contributed by atoms with van der Waals surface area (Å²) in [4.78, 5) is 19.8. The van der Waals surface area contributed by atoms with Crippen molar-refractivity contribution in [1.82, 2.24) is 9.88 Å². The monoisotopic (exact) mass is 249 g/mol. The van der Waals surface area contributed by atoms with Crippen molar-refractivity contribution < 1.29 is 9.90 Å². The standard InChI is InChI=1S/C13H19N3O2/c1-10(17)11-4-5-14-12(8-11)16-7-3-6-15(2)13(18)9-16/h4-5,8,10,17H,3,6-7,9H2,1-2H3/t10-/m0/s1. The second kappa shape index (κ2) is 5.35. The average molecular weight is 249 g/mol. The molecule has 0 saturated carbocycles. The van der Waals surface area contributed by atoms with Crippen LogP contribution in [0.5, 0.6) is 0 Å². The number of pyridine rings is 1. The van der Waals surface area contributed by atoms with Crippen LogP contribution in [-0.2, 0) is 4.79 Å². The molecule has 1 aromatic rings. The highest BCUT2D eigenvalue weighted by molar-refractivity contribution is 5.81. The third-order valence-electron chi connectivity index (χ3n) is 3.25. The lowest BCUT2D eigenvalue weighted by Gasteiger charge is -2.21. The van der Waals surface area contributed by atoms with E-state index in [0.717, 1.165) is 30.9 Å². The fourth-order valence-electron chi connectivity index (χ4n) is 2.05. The van der Waals surface area contributed by atoms with Crippen molar-refractivity contribution in [3.05, 3.63) is 23.9 Å². The number of carbonyl (C=O) groups excluding carboxylic acids is 1. The van der Waals surface area contributed by atoms with Crippen LogP contribution < -0.4 is 4.90 Å². The Hall–Kier alpha value is -1.62. The van der Waals surface area contributed by atoms with E-state index in [-0.39, 0.29) is 5.91 Å². The predicted octanol–water partition coefficient (Wildman–Crippen LogP) is 0.803. The molecule has 2 heterocycles. The molecule has 98 valence electrons. The fourth-order valence-corrected chi connectivity index (χ4v) is 2.05. The minimum Gasteiger partial charge on any atom is -0.389 e. The van der Waals surface area contributed by atoms with Gasteiger partial charge in [-0.3, -0.25) is 4.79 Å². The van der Waals surface area contributed by atoms with Crippen molar-refractivity contribution >= 4 is 11.7 Å². The summed E-state index contributed by atoms with van der Waals surface area (Å²) in [5.41, 5.74) is 0.824. The van der Waals surface area contributed by atoms with Crippen molar-refractivity contribution in [3.8, 4) is 0 Å². The van der Waals surface area contributed by atoms with Crippen LogP contribution in [0.3, 0.4) is 0 Å². The normalized spacial score (nSPS) is 18.7. The zero-order chi connectivity index (χ0) is 13.1. The molecule has 0 bridgehead atoms. The summed E-state index contributed by atoms with van der Waals surface area (Å²) in [6.45, 7) is 3.67. The molecule has 5 heteroatoms. The van der Waals surface area contributed by atoms with Crippen molar-refractivity contribution in [2.45, 2.75) is 19.4 Å². The third-order valence-corrected chi connectivity index (χ3v) is 3.25. The van der Waals surface area contributed by atoms with E-state index in [1.807, 2.05) is 18.0 Å². The molecule has 0 spiro atoms. The van der Waals surface area contributed by atoms with E-state index >= 15 is 0 Å². The van der Waals surface area contributed by atoms with E-state index in [0.29, 0.717) is 6.54 Å². The second-order valence-corrected chi connectivity index (χ2v) is 4.71. The van der Waals surface area contributed by atoms with E-state index in [4.69, 9.17) is 0 Å². The molecule has 1 aliphatic rings. The number of carbonyl (C=O) groups is 1. The molecule has 1 aromatic heterocycles. The minimum atomic E-state index is -0.517. The fraction of sp³-hybridized carbons (Fsp3) is 0.538. The molecule has 1 aliphatic heterocycles. The van der Waals surface area contributed by atoms with Crippen molar-refractivity contribution in [3.63, 3.8) is 0 Å². The van der Waals surface area contributed by atoms with Gasteiger partial charge in [-0.25, -0.2) is 4.98 Å². The van der Waals surface area contributed by atoms with Gasteiger partial charge in [0.25, 0.3) is 0 Å². The van der Waals surface area contributed by atoms with E-state index in [1.54, 1.807) is 24.1 Å². The first kappa shape index (κ1) is 12.8. The number of aliphatic hydroxyl groups excluding tert-OH is 1. The van der Waals surface area contributed by atoms with Gasteiger partial charge in [0, 0.05) is 26.3 Å². The van der Waals surface area contributed by atoms with E-state index in [1.165, 1.54) is 0 Å². The first-order chi connectivity index (χ1) is 8.58. The van der Waals surface area contributed by atoms with Crippen molar-refractivity contribution in [2.24, 2.45) is 0 Å². The third kappa shape index (κ3) is 2.79. The van der Waals surface area contributed by atoms with Crippen LogP contribution in [0, 0.1) is 0 Å². The quantitative estimate of drug-likeness (QED) is 0.842. The van der Waals surface area contributed by atoms with Gasteiger partial charge in [-0.15, -0.1) is 0 Å². The molecule has 2 rings (SSSR count). The van der Waals surface area contributed by atoms with Crippen LogP contribution in [0.25, 0.3) is 0 Å². The maximum atomic E-state index is 11.8. The van der Waals surface area contributed by atoms with Gasteiger partial charge in [-0.2, -0.15) is 0 Å². The Morgan fingerprint density at radius 3 is 2.94 bits per heavy atom. The highest BCUT2D eigenvalue weighted by Crippen LogP contribution is 2.19. The van der Waals surface area contributed by atoms with Crippen LogP contribution in [0.1, 0.15) is 25.0 Å². The summed E-state index contributed by atoms with van der Waals surface area (Å²) in [6.07, 6.45) is 2.09. The molecule has 0 unspecified atom stereocenters. The van der Waals surface area contributed by atoms with E-state index in [9.17, 15) is 9.90 Å². The lowest BCUT2D eigenvalue weighted by atomic mass is 10.1. The average Bonchev–Trinajstić information content (AvgIpc) is 2.52. The molecule has 1 N–H and O–H groups in total. The minimum absolute atomic E-state index is 0.108. The molecule has 0 aromatic carbocycles. The number of nitrogens with zero attached hydrogens (tertiary/aromatic N) is 3. The Morgan fingerprint density at radius 1 is 1.44 bits per heavy atom. The zero-order valence-corrected chi connectivity index (χ0v) is 10.8. The Labute approximate surface area is 107 Å². The highest BCUT2D eigenvalue weighted by atomic mass is 16.3. The maximum Gasteiger partial charge on any atom is 0.241 e. The Morgan fingerprint density at radius 2 is 2.22 bits per heavy atom. The number of aromatic nitrogens is 1. The van der Waals surface area contributed by atoms with Crippen LogP contribution in [0.4, 0.5) is 5.82 Å². The summed E-state index contributed by atoms with van der Waals surface area (Å²) < 4.78 is 0. The van der Waals surface area contributed by atoms with Crippen molar-refractivity contribution in [1.29, 1.82) is 0 Å². The molecule has 18 heavy (non-hydrogen) atoms. The first-order valence-electron chi connectivity index (χ1n) is 6.21. The predicted molar refractivity (Wildman–Crippen MR) is 69.3 cm³/mol.